The van der Waals surface area contributed by atoms with E-state index in [0.717, 1.165) is 30.9 Å². The van der Waals surface area contributed by atoms with Gasteiger partial charge in [-0.1, -0.05) is 6.92 Å². The predicted molar refractivity (Wildman–Crippen MR) is 70.0 cm³/mol. The molecule has 1 aliphatic rings. The molecule has 100 valence electrons. The SMILES string of the molecule is CCCOC1C(N)CC1Oc1ccc(OC)cc1. The smallest absolute Gasteiger partial charge is 0.128 e. The molecule has 1 aliphatic carbocycles. The second-order valence-corrected chi connectivity index (χ2v) is 4.57. The second kappa shape index (κ2) is 6.07. The maximum atomic E-state index is 5.93. The minimum Gasteiger partial charge on any atom is -0.497 e. The Hall–Kier alpha value is -1.26. The van der Waals surface area contributed by atoms with Gasteiger partial charge in [-0.25, -0.2) is 0 Å². The molecule has 1 fully saturated rings. The van der Waals surface area contributed by atoms with Crippen LogP contribution in [0.25, 0.3) is 0 Å². The van der Waals surface area contributed by atoms with Gasteiger partial charge in [-0.3, -0.25) is 0 Å². The zero-order valence-corrected chi connectivity index (χ0v) is 11.0. The molecule has 0 aromatic heterocycles. The van der Waals surface area contributed by atoms with Crippen molar-refractivity contribution in [1.29, 1.82) is 0 Å². The van der Waals surface area contributed by atoms with E-state index in [1.54, 1.807) is 7.11 Å². The third-order valence-electron chi connectivity index (χ3n) is 3.15. The molecule has 3 atom stereocenters. The third-order valence-corrected chi connectivity index (χ3v) is 3.15. The largest absolute Gasteiger partial charge is 0.497 e. The van der Waals surface area contributed by atoms with Crippen molar-refractivity contribution in [3.8, 4) is 11.5 Å². The Morgan fingerprint density at radius 3 is 2.44 bits per heavy atom. The summed E-state index contributed by atoms with van der Waals surface area (Å²) in [6.45, 7) is 2.82. The Balaban J connectivity index is 1.88. The monoisotopic (exact) mass is 251 g/mol. The molecule has 0 heterocycles. The molecule has 1 aromatic carbocycles. The molecule has 1 aromatic rings. The maximum absolute atomic E-state index is 5.93. The lowest BCUT2D eigenvalue weighted by atomic mass is 9.86. The number of hydrogen-bond donors (Lipinski definition) is 1. The van der Waals surface area contributed by atoms with Gasteiger partial charge < -0.3 is 19.9 Å². The van der Waals surface area contributed by atoms with Crippen molar-refractivity contribution in [3.63, 3.8) is 0 Å². The molecule has 0 spiro atoms. The maximum Gasteiger partial charge on any atom is 0.128 e. The van der Waals surface area contributed by atoms with Crippen LogP contribution >= 0.6 is 0 Å². The topological polar surface area (TPSA) is 53.7 Å². The highest BCUT2D eigenvalue weighted by atomic mass is 16.5. The molecule has 0 amide bonds. The highest BCUT2D eigenvalue weighted by molar-refractivity contribution is 5.31. The average Bonchev–Trinajstić information content (AvgIpc) is 2.39. The van der Waals surface area contributed by atoms with Crippen LogP contribution in [-0.2, 0) is 4.74 Å². The fourth-order valence-electron chi connectivity index (χ4n) is 2.05. The van der Waals surface area contributed by atoms with Gasteiger partial charge in [-0.05, 0) is 30.7 Å². The highest BCUT2D eigenvalue weighted by Crippen LogP contribution is 2.28. The first-order chi connectivity index (χ1) is 8.74. The van der Waals surface area contributed by atoms with Crippen molar-refractivity contribution in [2.24, 2.45) is 5.73 Å². The second-order valence-electron chi connectivity index (χ2n) is 4.57. The summed E-state index contributed by atoms with van der Waals surface area (Å²) in [5.74, 6) is 1.66. The van der Waals surface area contributed by atoms with Crippen LogP contribution in [0.3, 0.4) is 0 Å². The molecule has 2 rings (SSSR count). The van der Waals surface area contributed by atoms with Crippen LogP contribution in [-0.4, -0.2) is 32.0 Å². The van der Waals surface area contributed by atoms with Crippen molar-refractivity contribution in [1.82, 2.24) is 0 Å². The van der Waals surface area contributed by atoms with E-state index in [-0.39, 0.29) is 18.2 Å². The van der Waals surface area contributed by atoms with Gasteiger partial charge in [0.05, 0.1) is 7.11 Å². The zero-order chi connectivity index (χ0) is 13.0. The predicted octanol–water partition coefficient (Wildman–Crippen LogP) is 1.97. The lowest BCUT2D eigenvalue weighted by Crippen LogP contribution is -2.59. The van der Waals surface area contributed by atoms with E-state index in [9.17, 15) is 0 Å². The fraction of sp³-hybridized carbons (Fsp3) is 0.571. The minimum absolute atomic E-state index is 0.0204. The molecule has 4 heteroatoms. The number of methoxy groups -OCH3 is 1. The summed E-state index contributed by atoms with van der Waals surface area (Å²) in [7, 11) is 1.65. The van der Waals surface area contributed by atoms with Crippen molar-refractivity contribution in [3.05, 3.63) is 24.3 Å². The van der Waals surface area contributed by atoms with Gasteiger partial charge in [0.15, 0.2) is 0 Å². The van der Waals surface area contributed by atoms with Crippen LogP contribution in [0.15, 0.2) is 24.3 Å². The zero-order valence-electron chi connectivity index (χ0n) is 11.0. The molecule has 3 unspecified atom stereocenters. The van der Waals surface area contributed by atoms with Gasteiger partial charge in [-0.15, -0.1) is 0 Å². The van der Waals surface area contributed by atoms with Crippen LogP contribution in [0, 0.1) is 0 Å². The van der Waals surface area contributed by atoms with Crippen molar-refractivity contribution in [2.75, 3.05) is 13.7 Å². The minimum atomic E-state index is 0.0204. The molecule has 4 nitrogen and oxygen atoms in total. The Morgan fingerprint density at radius 2 is 1.89 bits per heavy atom. The fourth-order valence-corrected chi connectivity index (χ4v) is 2.05. The standard InChI is InChI=1S/C14H21NO3/c1-3-8-17-14-12(15)9-13(14)18-11-6-4-10(16-2)5-7-11/h4-7,12-14H,3,8-9,15H2,1-2H3. The van der Waals surface area contributed by atoms with Gasteiger partial charge in [0.1, 0.15) is 23.7 Å². The summed E-state index contributed by atoms with van der Waals surface area (Å²) >= 11 is 0. The van der Waals surface area contributed by atoms with Crippen molar-refractivity contribution < 1.29 is 14.2 Å². The van der Waals surface area contributed by atoms with Crippen LogP contribution < -0.4 is 15.2 Å². The van der Waals surface area contributed by atoms with Crippen molar-refractivity contribution in [2.45, 2.75) is 38.0 Å². The first-order valence-corrected chi connectivity index (χ1v) is 6.42. The number of ether oxygens (including phenoxy) is 3. The van der Waals surface area contributed by atoms with Crippen LogP contribution in [0.2, 0.25) is 0 Å². The molecular formula is C14H21NO3. The molecule has 0 bridgehead atoms. The molecular weight excluding hydrogens is 230 g/mol. The molecule has 0 radical (unpaired) electrons. The van der Waals surface area contributed by atoms with Crippen LogP contribution in [0.4, 0.5) is 0 Å². The number of benzene rings is 1. The summed E-state index contributed by atoms with van der Waals surface area (Å²) in [6.07, 6.45) is 1.94. The van der Waals surface area contributed by atoms with Crippen LogP contribution in [0.1, 0.15) is 19.8 Å². The first kappa shape index (κ1) is 13.2. The molecule has 0 saturated heterocycles. The van der Waals surface area contributed by atoms with Gasteiger partial charge >= 0.3 is 0 Å². The number of nitrogens with two attached hydrogens (primary N) is 1. The highest BCUT2D eigenvalue weighted by Gasteiger charge is 2.41. The van der Waals surface area contributed by atoms with E-state index in [1.807, 2.05) is 24.3 Å². The van der Waals surface area contributed by atoms with Gasteiger partial charge in [-0.2, -0.15) is 0 Å². The lowest BCUT2D eigenvalue weighted by molar-refractivity contribution is -0.0980. The summed E-state index contributed by atoms with van der Waals surface area (Å²) in [4.78, 5) is 0. The lowest BCUT2D eigenvalue weighted by Gasteiger charge is -2.41. The van der Waals surface area contributed by atoms with Gasteiger partial charge in [0, 0.05) is 19.1 Å². The van der Waals surface area contributed by atoms with Crippen molar-refractivity contribution >= 4 is 0 Å². The quantitative estimate of drug-likeness (QED) is 0.840. The molecule has 2 N–H and O–H groups in total. The number of hydrogen-bond acceptors (Lipinski definition) is 4. The Kier molecular flexibility index (Phi) is 4.44. The van der Waals surface area contributed by atoms with E-state index in [2.05, 4.69) is 6.92 Å². The molecule has 1 saturated carbocycles. The normalized spacial score (nSPS) is 26.5. The number of rotatable bonds is 6. The average molecular weight is 251 g/mol. The summed E-state index contributed by atoms with van der Waals surface area (Å²) in [6, 6.07) is 7.67. The van der Waals surface area contributed by atoms with E-state index >= 15 is 0 Å². The van der Waals surface area contributed by atoms with Gasteiger partial charge in [0.25, 0.3) is 0 Å². The Morgan fingerprint density at radius 1 is 1.22 bits per heavy atom. The summed E-state index contributed by atoms with van der Waals surface area (Å²) < 4.78 is 16.7. The summed E-state index contributed by atoms with van der Waals surface area (Å²) in [5.41, 5.74) is 5.93. The molecule has 18 heavy (non-hydrogen) atoms. The van der Waals surface area contributed by atoms with E-state index in [0.29, 0.717) is 0 Å². The summed E-state index contributed by atoms with van der Waals surface area (Å²) in [5, 5.41) is 0. The first-order valence-electron chi connectivity index (χ1n) is 6.42. The van der Waals surface area contributed by atoms with Gasteiger partial charge in [0.2, 0.25) is 0 Å². The van der Waals surface area contributed by atoms with E-state index in [1.165, 1.54) is 0 Å². The van der Waals surface area contributed by atoms with E-state index in [4.69, 9.17) is 19.9 Å². The third kappa shape index (κ3) is 2.94. The van der Waals surface area contributed by atoms with Crippen LogP contribution in [0.5, 0.6) is 11.5 Å². The Labute approximate surface area is 108 Å². The van der Waals surface area contributed by atoms with E-state index < -0.39 is 0 Å². The Bertz CT molecular complexity index is 366. The molecule has 0 aliphatic heterocycles.